The van der Waals surface area contributed by atoms with E-state index in [0.717, 1.165) is 43.2 Å². The van der Waals surface area contributed by atoms with Gasteiger partial charge in [0.15, 0.2) is 0 Å². The standard InChI is InChI=1S/C24H26N4O/c29-24(20-26-15-17-27(18-16-26)23-13-7-8-14-25-23)28(22-11-5-2-6-12-22)19-21-9-3-1-4-10-21/h1-14H,15-20H2. The van der Waals surface area contributed by atoms with Gasteiger partial charge in [0.25, 0.3) is 0 Å². The summed E-state index contributed by atoms with van der Waals surface area (Å²) in [4.78, 5) is 24.1. The normalized spacial score (nSPS) is 14.6. The van der Waals surface area contributed by atoms with Crippen molar-refractivity contribution in [1.29, 1.82) is 0 Å². The quantitative estimate of drug-likeness (QED) is 0.651. The molecule has 0 spiro atoms. The zero-order chi connectivity index (χ0) is 19.9. The maximum absolute atomic E-state index is 13.2. The van der Waals surface area contributed by atoms with E-state index in [1.807, 2.05) is 77.8 Å². The van der Waals surface area contributed by atoms with Crippen LogP contribution < -0.4 is 9.80 Å². The number of anilines is 2. The summed E-state index contributed by atoms with van der Waals surface area (Å²) in [7, 11) is 0. The van der Waals surface area contributed by atoms with Crippen LogP contribution >= 0.6 is 0 Å². The van der Waals surface area contributed by atoms with Crippen molar-refractivity contribution in [3.63, 3.8) is 0 Å². The molecule has 1 amide bonds. The number of rotatable bonds is 6. The summed E-state index contributed by atoms with van der Waals surface area (Å²) in [5, 5.41) is 0. The van der Waals surface area contributed by atoms with Gasteiger partial charge in [-0.25, -0.2) is 4.98 Å². The number of carbonyl (C=O) groups excluding carboxylic acids is 1. The number of para-hydroxylation sites is 1. The number of pyridine rings is 1. The van der Waals surface area contributed by atoms with Crippen molar-refractivity contribution in [1.82, 2.24) is 9.88 Å². The largest absolute Gasteiger partial charge is 0.354 e. The Balaban J connectivity index is 1.40. The highest BCUT2D eigenvalue weighted by Gasteiger charge is 2.23. The average molecular weight is 386 g/mol. The summed E-state index contributed by atoms with van der Waals surface area (Å²) < 4.78 is 0. The summed E-state index contributed by atoms with van der Waals surface area (Å²) in [6.07, 6.45) is 1.83. The summed E-state index contributed by atoms with van der Waals surface area (Å²) in [5.41, 5.74) is 2.07. The minimum atomic E-state index is 0.131. The van der Waals surface area contributed by atoms with Crippen LogP contribution in [0.25, 0.3) is 0 Å². The monoisotopic (exact) mass is 386 g/mol. The van der Waals surface area contributed by atoms with Crippen LogP contribution in [-0.2, 0) is 11.3 Å². The smallest absolute Gasteiger partial charge is 0.241 e. The first-order valence-corrected chi connectivity index (χ1v) is 10.1. The second-order valence-corrected chi connectivity index (χ2v) is 7.25. The molecule has 0 bridgehead atoms. The van der Waals surface area contributed by atoms with Gasteiger partial charge in [0.1, 0.15) is 5.82 Å². The van der Waals surface area contributed by atoms with Crippen LogP contribution in [0.2, 0.25) is 0 Å². The van der Waals surface area contributed by atoms with E-state index in [4.69, 9.17) is 0 Å². The summed E-state index contributed by atoms with van der Waals surface area (Å²) in [6, 6.07) is 26.1. The van der Waals surface area contributed by atoms with Crippen LogP contribution in [0.3, 0.4) is 0 Å². The number of hydrogen-bond donors (Lipinski definition) is 0. The van der Waals surface area contributed by atoms with Crippen molar-refractivity contribution in [3.05, 3.63) is 90.6 Å². The fourth-order valence-corrected chi connectivity index (χ4v) is 3.65. The molecule has 0 aliphatic carbocycles. The number of benzene rings is 2. The Bertz CT molecular complexity index is 894. The van der Waals surface area contributed by atoms with Gasteiger partial charge in [-0.3, -0.25) is 9.69 Å². The predicted molar refractivity (Wildman–Crippen MR) is 117 cm³/mol. The van der Waals surface area contributed by atoms with Crippen LogP contribution in [0.5, 0.6) is 0 Å². The Morgan fingerprint density at radius 3 is 2.14 bits per heavy atom. The Morgan fingerprint density at radius 2 is 1.48 bits per heavy atom. The van der Waals surface area contributed by atoms with E-state index in [1.165, 1.54) is 0 Å². The highest BCUT2D eigenvalue weighted by Crippen LogP contribution is 2.18. The van der Waals surface area contributed by atoms with E-state index in [2.05, 4.69) is 26.9 Å². The Morgan fingerprint density at radius 1 is 0.828 bits per heavy atom. The van der Waals surface area contributed by atoms with Crippen LogP contribution in [-0.4, -0.2) is 48.5 Å². The van der Waals surface area contributed by atoms with E-state index in [9.17, 15) is 4.79 Å². The number of piperazine rings is 1. The van der Waals surface area contributed by atoms with Gasteiger partial charge in [-0.15, -0.1) is 0 Å². The Hall–Kier alpha value is -3.18. The zero-order valence-electron chi connectivity index (χ0n) is 16.5. The van der Waals surface area contributed by atoms with Gasteiger partial charge in [0.2, 0.25) is 5.91 Å². The molecule has 0 unspecified atom stereocenters. The van der Waals surface area contributed by atoms with Crippen molar-refractivity contribution in [2.45, 2.75) is 6.54 Å². The second-order valence-electron chi connectivity index (χ2n) is 7.25. The van der Waals surface area contributed by atoms with E-state index < -0.39 is 0 Å². The lowest BCUT2D eigenvalue weighted by Crippen LogP contribution is -2.50. The first-order chi connectivity index (χ1) is 14.3. The maximum atomic E-state index is 13.2. The van der Waals surface area contributed by atoms with Crippen molar-refractivity contribution in [2.24, 2.45) is 0 Å². The number of amides is 1. The summed E-state index contributed by atoms with van der Waals surface area (Å²) >= 11 is 0. The molecule has 0 saturated carbocycles. The lowest BCUT2D eigenvalue weighted by Gasteiger charge is -2.36. The molecular weight excluding hydrogens is 360 g/mol. The molecule has 1 aliphatic rings. The SMILES string of the molecule is O=C(CN1CCN(c2ccccn2)CC1)N(Cc1ccccc1)c1ccccc1. The van der Waals surface area contributed by atoms with Gasteiger partial charge in [0, 0.05) is 38.1 Å². The van der Waals surface area contributed by atoms with Crippen LogP contribution in [0, 0.1) is 0 Å². The molecule has 1 fully saturated rings. The van der Waals surface area contributed by atoms with Crippen molar-refractivity contribution in [2.75, 3.05) is 42.5 Å². The molecule has 2 aromatic carbocycles. The fourth-order valence-electron chi connectivity index (χ4n) is 3.65. The molecule has 148 valence electrons. The molecule has 4 rings (SSSR count). The molecule has 1 aliphatic heterocycles. The molecule has 5 nitrogen and oxygen atoms in total. The number of hydrogen-bond acceptors (Lipinski definition) is 4. The first-order valence-electron chi connectivity index (χ1n) is 10.1. The summed E-state index contributed by atoms with van der Waals surface area (Å²) in [6.45, 7) is 4.49. The third-order valence-corrected chi connectivity index (χ3v) is 5.26. The van der Waals surface area contributed by atoms with Crippen LogP contribution in [0.1, 0.15) is 5.56 Å². The first kappa shape index (κ1) is 19.2. The lowest BCUT2D eigenvalue weighted by molar-refractivity contribution is -0.120. The van der Waals surface area contributed by atoms with Gasteiger partial charge >= 0.3 is 0 Å². The van der Waals surface area contributed by atoms with Gasteiger partial charge < -0.3 is 9.80 Å². The van der Waals surface area contributed by atoms with Crippen LogP contribution in [0.4, 0.5) is 11.5 Å². The molecule has 0 radical (unpaired) electrons. The molecule has 0 N–H and O–H groups in total. The molecule has 5 heteroatoms. The molecular formula is C24H26N4O. The van der Waals surface area contributed by atoms with Gasteiger partial charge in [-0.05, 0) is 29.8 Å². The molecule has 1 saturated heterocycles. The Kier molecular flexibility index (Phi) is 6.17. The predicted octanol–water partition coefficient (Wildman–Crippen LogP) is 3.44. The highest BCUT2D eigenvalue weighted by molar-refractivity contribution is 5.94. The molecule has 3 aromatic rings. The third kappa shape index (κ3) is 5.00. The second kappa shape index (κ2) is 9.34. The lowest BCUT2D eigenvalue weighted by atomic mass is 10.2. The van der Waals surface area contributed by atoms with Gasteiger partial charge in [0.05, 0.1) is 13.1 Å². The number of aromatic nitrogens is 1. The minimum absolute atomic E-state index is 0.131. The topological polar surface area (TPSA) is 39.7 Å². The average Bonchev–Trinajstić information content (AvgIpc) is 2.80. The summed E-state index contributed by atoms with van der Waals surface area (Å²) in [5.74, 6) is 1.14. The number of carbonyl (C=O) groups is 1. The Labute approximate surface area is 172 Å². The zero-order valence-corrected chi connectivity index (χ0v) is 16.5. The van der Waals surface area contributed by atoms with Crippen molar-refractivity contribution in [3.8, 4) is 0 Å². The van der Waals surface area contributed by atoms with E-state index in [0.29, 0.717) is 13.1 Å². The molecule has 29 heavy (non-hydrogen) atoms. The van der Waals surface area contributed by atoms with Crippen LogP contribution in [0.15, 0.2) is 85.1 Å². The maximum Gasteiger partial charge on any atom is 0.241 e. The minimum Gasteiger partial charge on any atom is -0.354 e. The van der Waals surface area contributed by atoms with E-state index >= 15 is 0 Å². The van der Waals surface area contributed by atoms with E-state index in [1.54, 1.807) is 0 Å². The van der Waals surface area contributed by atoms with Crippen molar-refractivity contribution >= 4 is 17.4 Å². The highest BCUT2D eigenvalue weighted by atomic mass is 16.2. The third-order valence-electron chi connectivity index (χ3n) is 5.26. The van der Waals surface area contributed by atoms with Gasteiger partial charge in [-0.1, -0.05) is 54.6 Å². The molecule has 2 heterocycles. The fraction of sp³-hybridized carbons (Fsp3) is 0.250. The van der Waals surface area contributed by atoms with Crippen molar-refractivity contribution < 1.29 is 4.79 Å². The molecule has 0 atom stereocenters. The molecule has 1 aromatic heterocycles. The number of nitrogens with zero attached hydrogens (tertiary/aromatic N) is 4. The van der Waals surface area contributed by atoms with Gasteiger partial charge in [-0.2, -0.15) is 0 Å². The van der Waals surface area contributed by atoms with E-state index in [-0.39, 0.29) is 5.91 Å².